The average molecular weight is 385 g/mol. The van der Waals surface area contributed by atoms with Crippen LogP contribution in [0.2, 0.25) is 0 Å². The summed E-state index contributed by atoms with van der Waals surface area (Å²) >= 11 is 3.19. The lowest BCUT2D eigenvalue weighted by Crippen LogP contribution is -2.15. The first-order chi connectivity index (χ1) is 10.7. The fraction of sp³-hybridized carbons (Fsp3) is 0.125. The van der Waals surface area contributed by atoms with Gasteiger partial charge < -0.3 is 9.84 Å². The van der Waals surface area contributed by atoms with Crippen LogP contribution in [0.25, 0.3) is 0 Å². The van der Waals surface area contributed by atoms with E-state index in [-0.39, 0.29) is 16.9 Å². The molecule has 0 saturated heterocycles. The molecule has 0 aliphatic rings. The first-order valence-corrected chi connectivity index (χ1v) is 7.22. The van der Waals surface area contributed by atoms with E-state index < -0.39 is 29.1 Å². The van der Waals surface area contributed by atoms with E-state index in [4.69, 9.17) is 9.84 Å². The zero-order valence-electron chi connectivity index (χ0n) is 12.1. The molecule has 2 aromatic carbocycles. The Hall–Kier alpha value is -2.28. The molecule has 0 amide bonds. The zero-order valence-corrected chi connectivity index (χ0v) is 13.7. The molecule has 0 fully saturated rings. The molecule has 0 radical (unpaired) electrons. The third-order valence-electron chi connectivity index (χ3n) is 3.33. The number of aromatic carboxylic acids is 1. The fourth-order valence-corrected chi connectivity index (χ4v) is 2.42. The smallest absolute Gasteiger partial charge is 0.346 e. The van der Waals surface area contributed by atoms with Crippen LogP contribution in [-0.2, 0) is 0 Å². The SMILES string of the molecule is Cc1c(Br)ccc(F)c1C(=O)Oc1ccc(F)c(C(=O)O)c1C. The van der Waals surface area contributed by atoms with Crippen LogP contribution in [-0.4, -0.2) is 17.0 Å². The minimum Gasteiger partial charge on any atom is -0.478 e. The summed E-state index contributed by atoms with van der Waals surface area (Å²) in [4.78, 5) is 23.3. The highest BCUT2D eigenvalue weighted by Crippen LogP contribution is 2.27. The van der Waals surface area contributed by atoms with Gasteiger partial charge in [-0.2, -0.15) is 0 Å². The number of carbonyl (C=O) groups is 2. The van der Waals surface area contributed by atoms with Crippen molar-refractivity contribution < 1.29 is 28.2 Å². The predicted octanol–water partition coefficient (Wildman–Crippen LogP) is 4.26. The summed E-state index contributed by atoms with van der Waals surface area (Å²) < 4.78 is 33.0. The van der Waals surface area contributed by atoms with Crippen molar-refractivity contribution in [3.8, 4) is 5.75 Å². The third kappa shape index (κ3) is 3.24. The molecule has 120 valence electrons. The van der Waals surface area contributed by atoms with Crippen LogP contribution in [0.1, 0.15) is 31.8 Å². The van der Waals surface area contributed by atoms with Crippen molar-refractivity contribution in [1.29, 1.82) is 0 Å². The van der Waals surface area contributed by atoms with E-state index in [1.165, 1.54) is 19.9 Å². The van der Waals surface area contributed by atoms with Crippen LogP contribution < -0.4 is 4.74 Å². The van der Waals surface area contributed by atoms with Gasteiger partial charge in [0.15, 0.2) is 0 Å². The van der Waals surface area contributed by atoms with Gasteiger partial charge >= 0.3 is 11.9 Å². The Kier molecular flexibility index (Phi) is 4.79. The molecule has 0 unspecified atom stereocenters. The monoisotopic (exact) mass is 384 g/mol. The molecule has 0 bridgehead atoms. The number of hydrogen-bond acceptors (Lipinski definition) is 3. The molecule has 0 atom stereocenters. The highest BCUT2D eigenvalue weighted by atomic mass is 79.9. The topological polar surface area (TPSA) is 63.6 Å². The summed E-state index contributed by atoms with van der Waals surface area (Å²) in [6.07, 6.45) is 0. The summed E-state index contributed by atoms with van der Waals surface area (Å²) in [7, 11) is 0. The van der Waals surface area contributed by atoms with Gasteiger partial charge in [-0.15, -0.1) is 0 Å². The number of halogens is 3. The Bertz CT molecular complexity index is 818. The average Bonchev–Trinajstić information content (AvgIpc) is 2.46. The van der Waals surface area contributed by atoms with Gasteiger partial charge in [-0.05, 0) is 43.7 Å². The molecule has 4 nitrogen and oxygen atoms in total. The summed E-state index contributed by atoms with van der Waals surface area (Å²) in [5.74, 6) is -4.34. The molecule has 23 heavy (non-hydrogen) atoms. The first kappa shape index (κ1) is 17.1. The predicted molar refractivity (Wildman–Crippen MR) is 81.9 cm³/mol. The maximum absolute atomic E-state index is 13.9. The second-order valence-electron chi connectivity index (χ2n) is 4.77. The van der Waals surface area contributed by atoms with E-state index in [0.29, 0.717) is 10.0 Å². The molecule has 7 heteroatoms. The van der Waals surface area contributed by atoms with Gasteiger partial charge in [0.25, 0.3) is 0 Å². The third-order valence-corrected chi connectivity index (χ3v) is 4.19. The molecule has 0 saturated carbocycles. The zero-order chi connectivity index (χ0) is 17.3. The van der Waals surface area contributed by atoms with Crippen LogP contribution in [0.15, 0.2) is 28.7 Å². The largest absolute Gasteiger partial charge is 0.478 e. The van der Waals surface area contributed by atoms with Gasteiger partial charge in [0.1, 0.15) is 22.9 Å². The number of carbonyl (C=O) groups excluding carboxylic acids is 1. The quantitative estimate of drug-likeness (QED) is 0.634. The van der Waals surface area contributed by atoms with Crippen molar-refractivity contribution in [2.45, 2.75) is 13.8 Å². The molecule has 0 aromatic heterocycles. The number of hydrogen-bond donors (Lipinski definition) is 1. The summed E-state index contributed by atoms with van der Waals surface area (Å²) in [6, 6.07) is 4.56. The van der Waals surface area contributed by atoms with Gasteiger partial charge in [0.05, 0.1) is 5.56 Å². The van der Waals surface area contributed by atoms with E-state index in [2.05, 4.69) is 15.9 Å². The second-order valence-corrected chi connectivity index (χ2v) is 5.62. The minimum absolute atomic E-state index is 0.0566. The Labute approximate surface area is 138 Å². The van der Waals surface area contributed by atoms with Crippen molar-refractivity contribution in [1.82, 2.24) is 0 Å². The first-order valence-electron chi connectivity index (χ1n) is 6.43. The van der Waals surface area contributed by atoms with E-state index >= 15 is 0 Å². The normalized spacial score (nSPS) is 10.5. The maximum atomic E-state index is 13.9. The second kappa shape index (κ2) is 6.45. The highest BCUT2D eigenvalue weighted by Gasteiger charge is 2.22. The lowest BCUT2D eigenvalue weighted by Gasteiger charge is -2.12. The molecule has 0 aliphatic carbocycles. The Morgan fingerprint density at radius 2 is 1.57 bits per heavy atom. The van der Waals surface area contributed by atoms with E-state index in [0.717, 1.165) is 18.2 Å². The number of carboxylic acids is 1. The maximum Gasteiger partial charge on any atom is 0.346 e. The van der Waals surface area contributed by atoms with Crippen LogP contribution in [0.3, 0.4) is 0 Å². The number of carboxylic acid groups (broad SMARTS) is 1. The molecule has 1 N–H and O–H groups in total. The number of ether oxygens (including phenoxy) is 1. The van der Waals surface area contributed by atoms with Crippen LogP contribution in [0.5, 0.6) is 5.75 Å². The van der Waals surface area contributed by atoms with E-state index in [1.807, 2.05) is 0 Å². The van der Waals surface area contributed by atoms with Gasteiger partial charge in [-0.25, -0.2) is 18.4 Å². The molecule has 2 aromatic rings. The summed E-state index contributed by atoms with van der Waals surface area (Å²) in [5, 5.41) is 9.00. The van der Waals surface area contributed by atoms with E-state index in [1.54, 1.807) is 0 Å². The molecular formula is C16H11BrF2O4. The standard InChI is InChI=1S/C16H11BrF2O4/c1-7-9(17)3-4-11(19)14(7)16(22)23-12-6-5-10(18)13(8(12)2)15(20)21/h3-6H,1-2H3,(H,20,21). The van der Waals surface area contributed by atoms with Crippen molar-refractivity contribution in [2.24, 2.45) is 0 Å². The summed E-state index contributed by atoms with van der Waals surface area (Å²) in [6.45, 7) is 2.84. The Morgan fingerprint density at radius 1 is 1.00 bits per heavy atom. The van der Waals surface area contributed by atoms with Gasteiger partial charge in [0.2, 0.25) is 0 Å². The minimum atomic E-state index is -1.48. The van der Waals surface area contributed by atoms with Crippen molar-refractivity contribution in [2.75, 3.05) is 0 Å². The summed E-state index contributed by atoms with van der Waals surface area (Å²) in [5.41, 5.74) is -0.589. The van der Waals surface area contributed by atoms with Crippen molar-refractivity contribution >= 4 is 27.9 Å². The van der Waals surface area contributed by atoms with Crippen LogP contribution >= 0.6 is 15.9 Å². The molecule has 0 heterocycles. The van der Waals surface area contributed by atoms with Gasteiger partial charge in [-0.1, -0.05) is 15.9 Å². The van der Waals surface area contributed by atoms with Crippen molar-refractivity contribution in [3.63, 3.8) is 0 Å². The van der Waals surface area contributed by atoms with E-state index in [9.17, 15) is 18.4 Å². The lowest BCUT2D eigenvalue weighted by atomic mass is 10.1. The molecular weight excluding hydrogens is 374 g/mol. The lowest BCUT2D eigenvalue weighted by molar-refractivity contribution is 0.0679. The van der Waals surface area contributed by atoms with Crippen LogP contribution in [0.4, 0.5) is 8.78 Å². The highest BCUT2D eigenvalue weighted by molar-refractivity contribution is 9.10. The van der Waals surface area contributed by atoms with Crippen LogP contribution in [0, 0.1) is 25.5 Å². The van der Waals surface area contributed by atoms with Crippen molar-refractivity contribution in [3.05, 3.63) is 62.6 Å². The number of benzene rings is 2. The molecule has 2 rings (SSSR count). The number of esters is 1. The molecule has 0 spiro atoms. The Morgan fingerprint density at radius 3 is 2.17 bits per heavy atom. The fourth-order valence-electron chi connectivity index (χ4n) is 2.09. The van der Waals surface area contributed by atoms with Gasteiger partial charge in [0, 0.05) is 10.0 Å². The van der Waals surface area contributed by atoms with Gasteiger partial charge in [-0.3, -0.25) is 0 Å². The number of rotatable bonds is 3. The molecule has 0 aliphatic heterocycles. The Balaban J connectivity index is 2.45.